The molecule has 0 spiro atoms. The average molecular weight is 247 g/mol. The molecule has 0 aliphatic heterocycles. The summed E-state index contributed by atoms with van der Waals surface area (Å²) in [6.45, 7) is 6.60. The van der Waals surface area contributed by atoms with E-state index in [1.165, 1.54) is 5.56 Å². The number of aliphatic hydroxyl groups excluding tert-OH is 1. The molecule has 3 N–H and O–H groups in total. The van der Waals surface area contributed by atoms with Gasteiger partial charge in [-0.25, -0.2) is 0 Å². The fraction of sp³-hybridized carbons (Fsp3) is 0.625. The van der Waals surface area contributed by atoms with Crippen LogP contribution in [0.4, 0.5) is 0 Å². The third-order valence-corrected chi connectivity index (χ3v) is 4.18. The molecule has 1 aliphatic carbocycles. The van der Waals surface area contributed by atoms with Crippen LogP contribution in [-0.2, 0) is 11.0 Å². The second-order valence-electron chi connectivity index (χ2n) is 6.63. The zero-order valence-electron chi connectivity index (χ0n) is 11.7. The van der Waals surface area contributed by atoms with Crippen LogP contribution in [0, 0.1) is 0 Å². The molecule has 100 valence electrons. The number of aliphatic hydroxyl groups is 1. The van der Waals surface area contributed by atoms with Crippen LogP contribution in [-0.4, -0.2) is 11.2 Å². The van der Waals surface area contributed by atoms with Gasteiger partial charge in [-0.2, -0.15) is 0 Å². The van der Waals surface area contributed by atoms with Crippen molar-refractivity contribution in [2.75, 3.05) is 0 Å². The summed E-state index contributed by atoms with van der Waals surface area (Å²) in [7, 11) is 0. The second kappa shape index (κ2) is 4.67. The van der Waals surface area contributed by atoms with Gasteiger partial charge in [0.2, 0.25) is 0 Å². The summed E-state index contributed by atoms with van der Waals surface area (Å²) < 4.78 is 0. The van der Waals surface area contributed by atoms with Crippen molar-refractivity contribution in [1.29, 1.82) is 0 Å². The van der Waals surface area contributed by atoms with Gasteiger partial charge in [-0.3, -0.25) is 0 Å². The number of rotatable bonds is 1. The third-order valence-electron chi connectivity index (χ3n) is 4.18. The SMILES string of the molecule is CC(C)(C)c1cccc([C@@]2(N)CCCC[C@H]2O)c1. The maximum atomic E-state index is 10.3. The predicted molar refractivity (Wildman–Crippen MR) is 75.5 cm³/mol. The normalized spacial score (nSPS) is 29.3. The van der Waals surface area contributed by atoms with Gasteiger partial charge in [0, 0.05) is 0 Å². The van der Waals surface area contributed by atoms with Crippen LogP contribution in [0.1, 0.15) is 57.6 Å². The number of hydrogen-bond acceptors (Lipinski definition) is 2. The van der Waals surface area contributed by atoms with E-state index in [2.05, 4.69) is 45.0 Å². The van der Waals surface area contributed by atoms with Gasteiger partial charge in [-0.1, -0.05) is 57.9 Å². The quantitative estimate of drug-likeness (QED) is 0.801. The molecule has 2 rings (SSSR count). The molecule has 18 heavy (non-hydrogen) atoms. The number of nitrogens with two attached hydrogens (primary N) is 1. The Morgan fingerprint density at radius 1 is 1.28 bits per heavy atom. The van der Waals surface area contributed by atoms with E-state index in [0.717, 1.165) is 31.2 Å². The first-order valence-electron chi connectivity index (χ1n) is 6.92. The fourth-order valence-electron chi connectivity index (χ4n) is 2.79. The molecule has 0 saturated heterocycles. The predicted octanol–water partition coefficient (Wildman–Crippen LogP) is 3.07. The largest absolute Gasteiger partial charge is 0.391 e. The van der Waals surface area contributed by atoms with Gasteiger partial charge in [0.15, 0.2) is 0 Å². The molecule has 1 aromatic rings. The van der Waals surface area contributed by atoms with Crippen molar-refractivity contribution in [1.82, 2.24) is 0 Å². The average Bonchev–Trinajstić information content (AvgIpc) is 2.32. The van der Waals surface area contributed by atoms with Crippen LogP contribution in [0.15, 0.2) is 24.3 Å². The van der Waals surface area contributed by atoms with Gasteiger partial charge in [-0.05, 0) is 29.4 Å². The highest BCUT2D eigenvalue weighted by Crippen LogP contribution is 2.36. The highest BCUT2D eigenvalue weighted by Gasteiger charge is 2.38. The summed E-state index contributed by atoms with van der Waals surface area (Å²) in [4.78, 5) is 0. The van der Waals surface area contributed by atoms with Gasteiger partial charge in [0.1, 0.15) is 0 Å². The van der Waals surface area contributed by atoms with E-state index < -0.39 is 11.6 Å². The molecule has 2 heteroatoms. The van der Waals surface area contributed by atoms with Crippen molar-refractivity contribution < 1.29 is 5.11 Å². The van der Waals surface area contributed by atoms with Gasteiger partial charge in [0.25, 0.3) is 0 Å². The van der Waals surface area contributed by atoms with E-state index in [1.54, 1.807) is 0 Å². The first-order valence-corrected chi connectivity index (χ1v) is 6.92. The molecule has 2 nitrogen and oxygen atoms in total. The molecule has 1 fully saturated rings. The maximum absolute atomic E-state index is 10.3. The fourth-order valence-corrected chi connectivity index (χ4v) is 2.79. The minimum Gasteiger partial charge on any atom is -0.391 e. The van der Waals surface area contributed by atoms with Crippen molar-refractivity contribution >= 4 is 0 Å². The first kappa shape index (κ1) is 13.6. The number of hydrogen-bond donors (Lipinski definition) is 2. The highest BCUT2D eigenvalue weighted by molar-refractivity contribution is 5.34. The van der Waals surface area contributed by atoms with Gasteiger partial charge < -0.3 is 10.8 Å². The molecule has 1 saturated carbocycles. The van der Waals surface area contributed by atoms with Gasteiger partial charge in [0.05, 0.1) is 11.6 Å². The summed E-state index contributed by atoms with van der Waals surface area (Å²) in [5.41, 5.74) is 8.41. The molecule has 1 aliphatic rings. The molecule has 0 unspecified atom stereocenters. The zero-order valence-corrected chi connectivity index (χ0v) is 11.7. The summed E-state index contributed by atoms with van der Waals surface area (Å²) >= 11 is 0. The molecule has 0 heterocycles. The highest BCUT2D eigenvalue weighted by atomic mass is 16.3. The van der Waals surface area contributed by atoms with E-state index in [1.807, 2.05) is 0 Å². The monoisotopic (exact) mass is 247 g/mol. The van der Waals surface area contributed by atoms with E-state index in [4.69, 9.17) is 5.73 Å². The Bertz CT molecular complexity index is 421. The molecule has 0 bridgehead atoms. The smallest absolute Gasteiger partial charge is 0.0761 e. The van der Waals surface area contributed by atoms with Crippen molar-refractivity contribution in [3.05, 3.63) is 35.4 Å². The summed E-state index contributed by atoms with van der Waals surface area (Å²) in [6.07, 6.45) is 3.46. The van der Waals surface area contributed by atoms with Crippen LogP contribution in [0.5, 0.6) is 0 Å². The van der Waals surface area contributed by atoms with Gasteiger partial charge in [-0.15, -0.1) is 0 Å². The summed E-state index contributed by atoms with van der Waals surface area (Å²) in [5.74, 6) is 0. The van der Waals surface area contributed by atoms with E-state index in [9.17, 15) is 5.11 Å². The lowest BCUT2D eigenvalue weighted by molar-refractivity contribution is 0.0449. The molecular formula is C16H25NO. The minimum absolute atomic E-state index is 0.117. The topological polar surface area (TPSA) is 46.2 Å². The maximum Gasteiger partial charge on any atom is 0.0761 e. The Balaban J connectivity index is 2.38. The lowest BCUT2D eigenvalue weighted by Gasteiger charge is -2.39. The van der Waals surface area contributed by atoms with Crippen LogP contribution >= 0.6 is 0 Å². The Labute approximate surface area is 110 Å². The Morgan fingerprint density at radius 2 is 2.00 bits per heavy atom. The molecule has 0 amide bonds. The molecule has 0 radical (unpaired) electrons. The molecular weight excluding hydrogens is 222 g/mol. The van der Waals surface area contributed by atoms with Crippen molar-refractivity contribution in [2.45, 2.75) is 63.5 Å². The van der Waals surface area contributed by atoms with Crippen molar-refractivity contribution in [3.8, 4) is 0 Å². The van der Waals surface area contributed by atoms with Crippen molar-refractivity contribution in [3.63, 3.8) is 0 Å². The lowest BCUT2D eigenvalue weighted by atomic mass is 9.73. The van der Waals surface area contributed by atoms with Gasteiger partial charge >= 0.3 is 0 Å². The van der Waals surface area contributed by atoms with E-state index in [-0.39, 0.29) is 5.41 Å². The Kier molecular flexibility index (Phi) is 3.52. The molecule has 2 atom stereocenters. The molecule has 1 aromatic carbocycles. The lowest BCUT2D eigenvalue weighted by Crippen LogP contribution is -2.50. The summed E-state index contributed by atoms with van der Waals surface area (Å²) in [6, 6.07) is 8.44. The molecule has 0 aromatic heterocycles. The number of benzene rings is 1. The van der Waals surface area contributed by atoms with Crippen LogP contribution in [0.3, 0.4) is 0 Å². The standard InChI is InChI=1S/C16H25NO/c1-15(2,3)12-7-6-8-13(11-12)16(17)10-5-4-9-14(16)18/h6-8,11,14,18H,4-5,9-10,17H2,1-3H3/t14-,16+/m1/s1. The van der Waals surface area contributed by atoms with Crippen LogP contribution in [0.2, 0.25) is 0 Å². The Morgan fingerprint density at radius 3 is 2.61 bits per heavy atom. The summed E-state index contributed by atoms with van der Waals surface area (Å²) in [5, 5.41) is 10.3. The van der Waals surface area contributed by atoms with E-state index >= 15 is 0 Å². The van der Waals surface area contributed by atoms with Crippen molar-refractivity contribution in [2.24, 2.45) is 5.73 Å². The third kappa shape index (κ3) is 2.45. The van der Waals surface area contributed by atoms with E-state index in [0.29, 0.717) is 0 Å². The minimum atomic E-state index is -0.556. The second-order valence-corrected chi connectivity index (χ2v) is 6.63. The Hall–Kier alpha value is -0.860. The van der Waals surface area contributed by atoms with Crippen LogP contribution < -0.4 is 5.73 Å². The van der Waals surface area contributed by atoms with Crippen LogP contribution in [0.25, 0.3) is 0 Å². The zero-order chi connectivity index (χ0) is 13.4. The first-order chi connectivity index (χ1) is 8.34.